The number of benzene rings is 1. The molecule has 4 heteroatoms. The van der Waals surface area contributed by atoms with Gasteiger partial charge in [-0.2, -0.15) is 0 Å². The van der Waals surface area contributed by atoms with E-state index in [0.717, 1.165) is 36.0 Å². The highest BCUT2D eigenvalue weighted by Crippen LogP contribution is 2.30. The van der Waals surface area contributed by atoms with Crippen LogP contribution < -0.4 is 5.73 Å². The normalized spacial score (nSPS) is 20.9. The third-order valence-corrected chi connectivity index (χ3v) is 5.54. The number of hydrogen-bond donors (Lipinski definition) is 1. The highest BCUT2D eigenvalue weighted by molar-refractivity contribution is 9.10. The summed E-state index contributed by atoms with van der Waals surface area (Å²) >= 11 is 3.44. The molecule has 0 radical (unpaired) electrons. The largest absolute Gasteiger partial charge is 0.326 e. The first-order valence-corrected chi connectivity index (χ1v) is 8.21. The molecule has 0 saturated carbocycles. The Bertz CT molecular complexity index is 460. The molecule has 1 aliphatic heterocycles. The lowest BCUT2D eigenvalue weighted by Gasteiger charge is -2.43. The molecule has 2 rings (SSSR count). The molecule has 2 N–H and O–H groups in total. The maximum absolute atomic E-state index is 13.2. The van der Waals surface area contributed by atoms with E-state index in [1.807, 2.05) is 6.07 Å². The third kappa shape index (κ3) is 3.23. The first-order chi connectivity index (χ1) is 9.47. The molecule has 2 atom stereocenters. The van der Waals surface area contributed by atoms with Gasteiger partial charge in [0.2, 0.25) is 0 Å². The second kappa shape index (κ2) is 6.54. The number of likely N-dealkylation sites (tertiary alicyclic amines) is 1. The van der Waals surface area contributed by atoms with Crippen molar-refractivity contribution in [2.75, 3.05) is 13.1 Å². The third-order valence-electron chi connectivity index (χ3n) is 4.80. The predicted octanol–water partition coefficient (Wildman–Crippen LogP) is 3.72. The fraction of sp³-hybridized carbons (Fsp3) is 0.625. The van der Waals surface area contributed by atoms with Crippen molar-refractivity contribution in [2.45, 2.75) is 51.1 Å². The first-order valence-electron chi connectivity index (χ1n) is 7.42. The van der Waals surface area contributed by atoms with E-state index in [-0.39, 0.29) is 17.4 Å². The van der Waals surface area contributed by atoms with E-state index in [4.69, 9.17) is 5.73 Å². The van der Waals surface area contributed by atoms with Crippen molar-refractivity contribution in [3.05, 3.63) is 34.1 Å². The van der Waals surface area contributed by atoms with Gasteiger partial charge in [-0.3, -0.25) is 4.90 Å². The Hall–Kier alpha value is -0.450. The maximum atomic E-state index is 13.2. The van der Waals surface area contributed by atoms with Crippen LogP contribution in [-0.4, -0.2) is 29.6 Å². The van der Waals surface area contributed by atoms with Gasteiger partial charge in [-0.1, -0.05) is 28.9 Å². The number of nitrogens with two attached hydrogens (primary N) is 1. The predicted molar refractivity (Wildman–Crippen MR) is 85.3 cm³/mol. The molecule has 0 aromatic heterocycles. The van der Waals surface area contributed by atoms with Crippen LogP contribution >= 0.6 is 15.9 Å². The zero-order valence-electron chi connectivity index (χ0n) is 12.3. The second-order valence-electron chi connectivity index (χ2n) is 5.95. The van der Waals surface area contributed by atoms with E-state index in [9.17, 15) is 4.39 Å². The Kier molecular flexibility index (Phi) is 5.21. The summed E-state index contributed by atoms with van der Waals surface area (Å²) in [5, 5.41) is 0. The highest BCUT2D eigenvalue weighted by Gasteiger charge is 2.37. The van der Waals surface area contributed by atoms with Crippen LogP contribution in [0, 0.1) is 5.82 Å². The Balaban J connectivity index is 2.14. The standard InChI is InChI=1S/C16H24BrFN2/c1-3-16(2,20-8-4-5-9-20)15(19)10-12-6-7-13(18)11-14(12)17/h6-7,11,15H,3-5,8-10,19H2,1-2H3. The molecule has 2 nitrogen and oxygen atoms in total. The Morgan fingerprint density at radius 1 is 1.40 bits per heavy atom. The van der Waals surface area contributed by atoms with Gasteiger partial charge in [-0.15, -0.1) is 0 Å². The van der Waals surface area contributed by atoms with Gasteiger partial charge in [0, 0.05) is 16.1 Å². The lowest BCUT2D eigenvalue weighted by Crippen LogP contribution is -2.57. The lowest BCUT2D eigenvalue weighted by atomic mass is 9.84. The van der Waals surface area contributed by atoms with Gasteiger partial charge in [0.15, 0.2) is 0 Å². The zero-order valence-corrected chi connectivity index (χ0v) is 13.9. The van der Waals surface area contributed by atoms with Crippen molar-refractivity contribution in [1.82, 2.24) is 4.90 Å². The topological polar surface area (TPSA) is 29.3 Å². The average Bonchev–Trinajstić information content (AvgIpc) is 2.95. The molecule has 1 aliphatic rings. The van der Waals surface area contributed by atoms with E-state index in [0.29, 0.717) is 0 Å². The number of halogens is 2. The summed E-state index contributed by atoms with van der Waals surface area (Å²) in [6.45, 7) is 6.75. The van der Waals surface area contributed by atoms with E-state index < -0.39 is 0 Å². The summed E-state index contributed by atoms with van der Waals surface area (Å²) in [7, 11) is 0. The molecular weight excluding hydrogens is 319 g/mol. The van der Waals surface area contributed by atoms with Gasteiger partial charge in [-0.05, 0) is 63.4 Å². The first kappa shape index (κ1) is 15.9. The van der Waals surface area contributed by atoms with Crippen molar-refractivity contribution in [3.63, 3.8) is 0 Å². The van der Waals surface area contributed by atoms with Gasteiger partial charge in [0.05, 0.1) is 0 Å². The van der Waals surface area contributed by atoms with Crippen LogP contribution in [0.3, 0.4) is 0 Å². The SMILES string of the molecule is CCC(C)(C(N)Cc1ccc(F)cc1Br)N1CCCC1. The van der Waals surface area contributed by atoms with Crippen molar-refractivity contribution in [2.24, 2.45) is 5.73 Å². The van der Waals surface area contributed by atoms with Crippen LogP contribution in [0.25, 0.3) is 0 Å². The zero-order chi connectivity index (χ0) is 14.8. The molecule has 0 aliphatic carbocycles. The molecule has 112 valence electrons. The minimum atomic E-state index is -0.216. The summed E-state index contributed by atoms with van der Waals surface area (Å²) in [5.41, 5.74) is 7.62. The minimum absolute atomic E-state index is 0.0182. The second-order valence-corrected chi connectivity index (χ2v) is 6.81. The Morgan fingerprint density at radius 3 is 2.60 bits per heavy atom. The molecule has 0 amide bonds. The molecule has 1 heterocycles. The fourth-order valence-electron chi connectivity index (χ4n) is 3.09. The maximum Gasteiger partial charge on any atom is 0.124 e. The summed E-state index contributed by atoms with van der Waals surface area (Å²) in [6, 6.07) is 4.90. The lowest BCUT2D eigenvalue weighted by molar-refractivity contribution is 0.0998. The Morgan fingerprint density at radius 2 is 2.05 bits per heavy atom. The van der Waals surface area contributed by atoms with E-state index in [2.05, 4.69) is 34.7 Å². The van der Waals surface area contributed by atoms with Crippen LogP contribution in [0.5, 0.6) is 0 Å². The van der Waals surface area contributed by atoms with Crippen LogP contribution in [0.2, 0.25) is 0 Å². The number of nitrogens with zero attached hydrogens (tertiary/aromatic N) is 1. The van der Waals surface area contributed by atoms with Gasteiger partial charge in [0.1, 0.15) is 5.82 Å². The fourth-order valence-corrected chi connectivity index (χ4v) is 3.61. The molecule has 0 bridgehead atoms. The minimum Gasteiger partial charge on any atom is -0.326 e. The summed E-state index contributed by atoms with van der Waals surface area (Å²) < 4.78 is 14.0. The molecule has 1 aromatic rings. The van der Waals surface area contributed by atoms with Crippen LogP contribution in [0.4, 0.5) is 4.39 Å². The summed E-state index contributed by atoms with van der Waals surface area (Å²) in [4.78, 5) is 2.52. The molecule has 20 heavy (non-hydrogen) atoms. The Labute approximate surface area is 129 Å². The smallest absolute Gasteiger partial charge is 0.124 e. The molecule has 1 aromatic carbocycles. The highest BCUT2D eigenvalue weighted by atomic mass is 79.9. The van der Waals surface area contributed by atoms with E-state index >= 15 is 0 Å². The van der Waals surface area contributed by atoms with Crippen molar-refractivity contribution >= 4 is 15.9 Å². The van der Waals surface area contributed by atoms with E-state index in [1.165, 1.54) is 25.0 Å². The van der Waals surface area contributed by atoms with Gasteiger partial charge in [0.25, 0.3) is 0 Å². The van der Waals surface area contributed by atoms with Gasteiger partial charge >= 0.3 is 0 Å². The molecule has 0 spiro atoms. The van der Waals surface area contributed by atoms with Crippen molar-refractivity contribution in [1.29, 1.82) is 0 Å². The summed E-state index contributed by atoms with van der Waals surface area (Å²) in [6.07, 6.45) is 4.33. The van der Waals surface area contributed by atoms with Crippen LogP contribution in [0.1, 0.15) is 38.7 Å². The molecular formula is C16H24BrFN2. The van der Waals surface area contributed by atoms with Gasteiger partial charge in [-0.25, -0.2) is 4.39 Å². The van der Waals surface area contributed by atoms with Crippen LogP contribution in [0.15, 0.2) is 22.7 Å². The summed E-state index contributed by atoms with van der Waals surface area (Å²) in [5.74, 6) is -0.216. The molecule has 1 fully saturated rings. The van der Waals surface area contributed by atoms with E-state index in [1.54, 1.807) is 0 Å². The van der Waals surface area contributed by atoms with Crippen molar-refractivity contribution < 1.29 is 4.39 Å². The number of rotatable bonds is 5. The van der Waals surface area contributed by atoms with Crippen molar-refractivity contribution in [3.8, 4) is 0 Å². The van der Waals surface area contributed by atoms with Crippen LogP contribution in [-0.2, 0) is 6.42 Å². The average molecular weight is 343 g/mol. The quantitative estimate of drug-likeness (QED) is 0.883. The molecule has 2 unspecified atom stereocenters. The molecule has 1 saturated heterocycles. The number of hydrogen-bond acceptors (Lipinski definition) is 2. The van der Waals surface area contributed by atoms with Gasteiger partial charge < -0.3 is 5.73 Å². The monoisotopic (exact) mass is 342 g/mol.